The fraction of sp³-hybridized carbons (Fsp3) is 0.500. The molecule has 3 N–H and O–H groups in total. The van der Waals surface area contributed by atoms with Gasteiger partial charge in [-0.25, -0.2) is 4.99 Å². The zero-order chi connectivity index (χ0) is 17.2. The minimum absolute atomic E-state index is 0.0729. The van der Waals surface area contributed by atoms with Crippen LogP contribution in [0.3, 0.4) is 0 Å². The van der Waals surface area contributed by atoms with Crippen LogP contribution in [0.2, 0.25) is 10.0 Å². The summed E-state index contributed by atoms with van der Waals surface area (Å²) >= 11 is 12.1. The molecule has 5 nitrogen and oxygen atoms in total. The zero-order valence-electron chi connectivity index (χ0n) is 13.7. The Labute approximate surface area is 147 Å². The molecule has 1 aromatic carbocycles. The second-order valence-electron chi connectivity index (χ2n) is 5.08. The van der Waals surface area contributed by atoms with Crippen molar-refractivity contribution in [3.63, 3.8) is 0 Å². The Morgan fingerprint density at radius 2 is 2.00 bits per heavy atom. The highest BCUT2D eigenvalue weighted by atomic mass is 35.5. The van der Waals surface area contributed by atoms with Gasteiger partial charge in [-0.2, -0.15) is 0 Å². The number of hydrogen-bond donors (Lipinski definition) is 3. The zero-order valence-corrected chi connectivity index (χ0v) is 15.3. The third-order valence-electron chi connectivity index (χ3n) is 3.08. The molecule has 0 saturated carbocycles. The number of carbonyl (C=O) groups excluding carboxylic acids is 1. The second-order valence-corrected chi connectivity index (χ2v) is 5.92. The Balaban J connectivity index is 2.72. The number of nitrogens with one attached hydrogen (secondary N) is 3. The van der Waals surface area contributed by atoms with Crippen LogP contribution in [-0.2, 0) is 4.79 Å². The molecule has 23 heavy (non-hydrogen) atoms. The summed E-state index contributed by atoms with van der Waals surface area (Å²) < 4.78 is 0. The summed E-state index contributed by atoms with van der Waals surface area (Å²) in [5.41, 5.74) is 0.914. The molecule has 0 aromatic heterocycles. The average Bonchev–Trinajstić information content (AvgIpc) is 2.50. The Bertz CT molecular complexity index is 549. The van der Waals surface area contributed by atoms with Crippen LogP contribution in [-0.4, -0.2) is 31.5 Å². The van der Waals surface area contributed by atoms with E-state index in [-0.39, 0.29) is 18.5 Å². The molecule has 0 saturated heterocycles. The highest BCUT2D eigenvalue weighted by Crippen LogP contribution is 2.25. The summed E-state index contributed by atoms with van der Waals surface area (Å²) in [6.45, 7) is 7.38. The molecule has 1 unspecified atom stereocenters. The maximum atomic E-state index is 11.6. The van der Waals surface area contributed by atoms with Crippen LogP contribution in [0.15, 0.2) is 23.2 Å². The highest BCUT2D eigenvalue weighted by molar-refractivity contribution is 6.35. The minimum Gasteiger partial charge on any atom is -0.357 e. The van der Waals surface area contributed by atoms with Gasteiger partial charge in [0, 0.05) is 23.1 Å². The van der Waals surface area contributed by atoms with E-state index in [0.717, 1.165) is 12.0 Å². The molecule has 0 bridgehead atoms. The molecule has 7 heteroatoms. The lowest BCUT2D eigenvalue weighted by atomic mass is 10.1. The van der Waals surface area contributed by atoms with Gasteiger partial charge in [0.25, 0.3) is 0 Å². The molecule has 1 atom stereocenters. The van der Waals surface area contributed by atoms with Crippen LogP contribution < -0.4 is 16.0 Å². The van der Waals surface area contributed by atoms with E-state index >= 15 is 0 Å². The third kappa shape index (κ3) is 7.10. The van der Waals surface area contributed by atoms with Crippen LogP contribution in [0.5, 0.6) is 0 Å². The number of benzene rings is 1. The van der Waals surface area contributed by atoms with E-state index in [9.17, 15) is 4.79 Å². The van der Waals surface area contributed by atoms with E-state index in [1.807, 2.05) is 26.8 Å². The Kier molecular flexibility index (Phi) is 8.81. The molecule has 0 aliphatic rings. The van der Waals surface area contributed by atoms with E-state index < -0.39 is 0 Å². The molecule has 1 amide bonds. The van der Waals surface area contributed by atoms with Crippen molar-refractivity contribution in [3.05, 3.63) is 33.8 Å². The van der Waals surface area contributed by atoms with Crippen LogP contribution >= 0.6 is 23.2 Å². The summed E-state index contributed by atoms with van der Waals surface area (Å²) in [4.78, 5) is 15.9. The van der Waals surface area contributed by atoms with Gasteiger partial charge in [0.2, 0.25) is 5.91 Å². The number of aliphatic imine (C=N–C) groups is 1. The molecule has 0 aliphatic carbocycles. The van der Waals surface area contributed by atoms with E-state index in [1.165, 1.54) is 0 Å². The lowest BCUT2D eigenvalue weighted by molar-refractivity contribution is -0.119. The van der Waals surface area contributed by atoms with Gasteiger partial charge >= 0.3 is 0 Å². The van der Waals surface area contributed by atoms with Gasteiger partial charge in [-0.3, -0.25) is 4.79 Å². The van der Waals surface area contributed by atoms with Crippen molar-refractivity contribution in [1.82, 2.24) is 16.0 Å². The van der Waals surface area contributed by atoms with Gasteiger partial charge in [0.1, 0.15) is 6.54 Å². The van der Waals surface area contributed by atoms with E-state index in [4.69, 9.17) is 23.2 Å². The van der Waals surface area contributed by atoms with Gasteiger partial charge < -0.3 is 16.0 Å². The summed E-state index contributed by atoms with van der Waals surface area (Å²) in [7, 11) is 0. The van der Waals surface area contributed by atoms with Gasteiger partial charge in [0.05, 0.1) is 6.04 Å². The maximum absolute atomic E-state index is 11.6. The molecule has 0 radical (unpaired) electrons. The fourth-order valence-electron chi connectivity index (χ4n) is 1.93. The molecule has 0 fully saturated rings. The summed E-state index contributed by atoms with van der Waals surface area (Å²) in [5, 5.41) is 10.3. The molecule has 1 rings (SSSR count). The van der Waals surface area contributed by atoms with Crippen molar-refractivity contribution in [2.75, 3.05) is 19.6 Å². The van der Waals surface area contributed by atoms with E-state index in [0.29, 0.717) is 29.1 Å². The summed E-state index contributed by atoms with van der Waals surface area (Å²) in [5.74, 6) is 0.471. The maximum Gasteiger partial charge on any atom is 0.241 e. The van der Waals surface area contributed by atoms with Gasteiger partial charge in [-0.1, -0.05) is 36.2 Å². The smallest absolute Gasteiger partial charge is 0.241 e. The minimum atomic E-state index is -0.0961. The lowest BCUT2D eigenvalue weighted by Gasteiger charge is -2.19. The van der Waals surface area contributed by atoms with Crippen molar-refractivity contribution in [3.8, 4) is 0 Å². The normalized spacial score (nSPS) is 12.7. The number of halogens is 2. The van der Waals surface area contributed by atoms with Crippen LogP contribution in [0.4, 0.5) is 0 Å². The second kappa shape index (κ2) is 10.3. The first kappa shape index (κ1) is 19.6. The highest BCUT2D eigenvalue weighted by Gasteiger charge is 2.12. The Morgan fingerprint density at radius 3 is 2.61 bits per heavy atom. The number of amides is 1. The van der Waals surface area contributed by atoms with Gasteiger partial charge in [-0.15, -0.1) is 0 Å². The first-order valence-electron chi connectivity index (χ1n) is 7.74. The van der Waals surface area contributed by atoms with Crippen molar-refractivity contribution < 1.29 is 4.79 Å². The van der Waals surface area contributed by atoms with E-state index in [1.54, 1.807) is 12.1 Å². The number of nitrogens with zero attached hydrogens (tertiary/aromatic N) is 1. The summed E-state index contributed by atoms with van der Waals surface area (Å²) in [6.07, 6.45) is 0.903. The van der Waals surface area contributed by atoms with Crippen molar-refractivity contribution in [1.29, 1.82) is 0 Å². The largest absolute Gasteiger partial charge is 0.357 e. The number of guanidine groups is 1. The average molecular weight is 359 g/mol. The van der Waals surface area contributed by atoms with Crippen molar-refractivity contribution in [2.24, 2.45) is 4.99 Å². The summed E-state index contributed by atoms with van der Waals surface area (Å²) in [6, 6.07) is 5.30. The first-order valence-corrected chi connectivity index (χ1v) is 8.50. The van der Waals surface area contributed by atoms with Crippen molar-refractivity contribution in [2.45, 2.75) is 33.2 Å². The molecule has 0 aliphatic heterocycles. The quantitative estimate of drug-likeness (QED) is 0.518. The van der Waals surface area contributed by atoms with Crippen LogP contribution in [0.1, 0.15) is 38.8 Å². The number of rotatable bonds is 7. The number of carbonyl (C=O) groups is 1. The number of hydrogen-bond acceptors (Lipinski definition) is 2. The lowest BCUT2D eigenvalue weighted by Crippen LogP contribution is -2.39. The topological polar surface area (TPSA) is 65.5 Å². The first-order chi connectivity index (χ1) is 11.0. The predicted octanol–water partition coefficient (Wildman–Crippen LogP) is 3.14. The molecule has 0 spiro atoms. The monoisotopic (exact) mass is 358 g/mol. The standard InChI is InChI=1S/C16H24Cl2N4O/c1-4-8-20-15(23)10-21-16(19-5-2)22-11(3)13-7-6-12(17)9-14(13)18/h6-7,9,11H,4-5,8,10H2,1-3H3,(H,20,23)(H2,19,21,22). The predicted molar refractivity (Wildman–Crippen MR) is 97.3 cm³/mol. The Morgan fingerprint density at radius 1 is 1.26 bits per heavy atom. The molecule has 0 heterocycles. The Hall–Kier alpha value is -1.46. The van der Waals surface area contributed by atoms with E-state index in [2.05, 4.69) is 20.9 Å². The van der Waals surface area contributed by atoms with Crippen molar-refractivity contribution >= 4 is 35.1 Å². The third-order valence-corrected chi connectivity index (χ3v) is 3.64. The SMILES string of the molecule is CCCNC(=O)CN=C(NCC)NC(C)c1ccc(Cl)cc1Cl. The van der Waals surface area contributed by atoms with Gasteiger partial charge in [-0.05, 0) is 38.0 Å². The van der Waals surface area contributed by atoms with Gasteiger partial charge in [0.15, 0.2) is 5.96 Å². The molecule has 128 valence electrons. The molecular weight excluding hydrogens is 335 g/mol. The van der Waals surface area contributed by atoms with Crippen LogP contribution in [0, 0.1) is 0 Å². The molecule has 1 aromatic rings. The fourth-order valence-corrected chi connectivity index (χ4v) is 2.50. The van der Waals surface area contributed by atoms with Crippen LogP contribution in [0.25, 0.3) is 0 Å². The molecular formula is C16H24Cl2N4O.